The maximum Gasteiger partial charge on any atom is 0.125 e. The van der Waals surface area contributed by atoms with E-state index in [2.05, 4.69) is 20.2 Å². The minimum absolute atomic E-state index is 0.597. The summed E-state index contributed by atoms with van der Waals surface area (Å²) < 4.78 is 0. The fraction of sp³-hybridized carbons (Fsp3) is 0.375. The molecular weight excluding hydrogens is 262 g/mol. The average molecular weight is 283 g/mol. The van der Waals surface area contributed by atoms with Gasteiger partial charge in [-0.3, -0.25) is 4.90 Å². The van der Waals surface area contributed by atoms with Crippen LogP contribution in [0.5, 0.6) is 0 Å². The molecule has 0 bridgehead atoms. The Morgan fingerprint density at radius 2 is 2.19 bits per heavy atom. The van der Waals surface area contributed by atoms with Crippen molar-refractivity contribution in [2.24, 2.45) is 5.92 Å². The molecule has 0 saturated carbocycles. The van der Waals surface area contributed by atoms with E-state index in [0.29, 0.717) is 11.7 Å². The van der Waals surface area contributed by atoms with Gasteiger partial charge < -0.3 is 11.1 Å². The number of nitrogens with two attached hydrogens (primary N) is 1. The van der Waals surface area contributed by atoms with E-state index in [9.17, 15) is 0 Å². The molecule has 3 rings (SSSR count). The Labute approximate surface area is 125 Å². The van der Waals surface area contributed by atoms with Crippen LogP contribution >= 0.6 is 0 Å². The second-order valence-electron chi connectivity index (χ2n) is 5.57. The van der Waals surface area contributed by atoms with Gasteiger partial charge in [0.05, 0.1) is 0 Å². The summed E-state index contributed by atoms with van der Waals surface area (Å²) in [6, 6.07) is 9.94. The van der Waals surface area contributed by atoms with E-state index in [1.165, 1.54) is 12.0 Å². The third-order valence-corrected chi connectivity index (χ3v) is 3.86. The maximum absolute atomic E-state index is 5.73. The highest BCUT2D eigenvalue weighted by molar-refractivity contribution is 5.33. The highest BCUT2D eigenvalue weighted by Crippen LogP contribution is 2.19. The molecule has 1 fully saturated rings. The topological polar surface area (TPSA) is 67.1 Å². The van der Waals surface area contributed by atoms with E-state index < -0.39 is 0 Å². The number of likely N-dealkylation sites (tertiary alicyclic amines) is 1. The number of pyridine rings is 2. The monoisotopic (exact) mass is 283 g/mol. The van der Waals surface area contributed by atoms with E-state index in [4.69, 9.17) is 5.73 Å². The van der Waals surface area contributed by atoms with Crippen molar-refractivity contribution in [2.75, 3.05) is 30.7 Å². The van der Waals surface area contributed by atoms with Crippen LogP contribution in [0.3, 0.4) is 0 Å². The van der Waals surface area contributed by atoms with Crippen molar-refractivity contribution < 1.29 is 0 Å². The van der Waals surface area contributed by atoms with E-state index in [0.717, 1.165) is 32.0 Å². The summed E-state index contributed by atoms with van der Waals surface area (Å²) in [6.07, 6.45) is 4.82. The molecule has 1 atom stereocenters. The molecule has 0 aromatic carbocycles. The standard InChI is InChI=1S/C16H21N5/c17-15-9-13(4-7-18-15)11-21-8-5-14(12-21)10-20-16-3-1-2-6-19-16/h1-4,6-7,9,14H,5,8,10-12H2,(H2,17,18)(H,19,20)/t14-/m1/s1. The largest absolute Gasteiger partial charge is 0.384 e. The van der Waals surface area contributed by atoms with Crippen LogP contribution in [0, 0.1) is 5.92 Å². The molecule has 21 heavy (non-hydrogen) atoms. The molecule has 1 aliphatic rings. The molecular formula is C16H21N5. The fourth-order valence-corrected chi connectivity index (χ4v) is 2.79. The quantitative estimate of drug-likeness (QED) is 0.878. The minimum Gasteiger partial charge on any atom is -0.384 e. The zero-order valence-electron chi connectivity index (χ0n) is 12.1. The lowest BCUT2D eigenvalue weighted by molar-refractivity contribution is 0.319. The van der Waals surface area contributed by atoms with E-state index in [1.807, 2.05) is 36.5 Å². The summed E-state index contributed by atoms with van der Waals surface area (Å²) in [5, 5.41) is 3.41. The normalized spacial score (nSPS) is 18.8. The first-order valence-electron chi connectivity index (χ1n) is 7.37. The molecule has 3 N–H and O–H groups in total. The van der Waals surface area contributed by atoms with Gasteiger partial charge in [0, 0.05) is 32.0 Å². The number of anilines is 2. The molecule has 1 aliphatic heterocycles. The maximum atomic E-state index is 5.73. The molecule has 0 unspecified atom stereocenters. The van der Waals surface area contributed by atoms with Crippen LogP contribution in [0.25, 0.3) is 0 Å². The lowest BCUT2D eigenvalue weighted by Gasteiger charge is -2.16. The minimum atomic E-state index is 0.597. The van der Waals surface area contributed by atoms with E-state index in [1.54, 1.807) is 6.20 Å². The summed E-state index contributed by atoms with van der Waals surface area (Å²) in [4.78, 5) is 10.8. The Hall–Kier alpha value is -2.14. The zero-order valence-corrected chi connectivity index (χ0v) is 12.1. The molecule has 0 spiro atoms. The molecule has 2 aromatic rings. The number of rotatable bonds is 5. The third-order valence-electron chi connectivity index (χ3n) is 3.86. The molecule has 0 amide bonds. The summed E-state index contributed by atoms with van der Waals surface area (Å²) in [5.74, 6) is 2.23. The van der Waals surface area contributed by atoms with Crippen molar-refractivity contribution in [1.82, 2.24) is 14.9 Å². The zero-order chi connectivity index (χ0) is 14.5. The van der Waals surface area contributed by atoms with Gasteiger partial charge in [-0.2, -0.15) is 0 Å². The van der Waals surface area contributed by atoms with Crippen molar-refractivity contribution in [3.63, 3.8) is 0 Å². The van der Waals surface area contributed by atoms with Gasteiger partial charge in [0.2, 0.25) is 0 Å². The van der Waals surface area contributed by atoms with Crippen LogP contribution in [0.1, 0.15) is 12.0 Å². The lowest BCUT2D eigenvalue weighted by atomic mass is 10.1. The van der Waals surface area contributed by atoms with Crippen molar-refractivity contribution >= 4 is 11.6 Å². The smallest absolute Gasteiger partial charge is 0.125 e. The Kier molecular flexibility index (Phi) is 4.31. The van der Waals surface area contributed by atoms with Crippen molar-refractivity contribution in [3.05, 3.63) is 48.3 Å². The molecule has 110 valence electrons. The number of hydrogen-bond donors (Lipinski definition) is 2. The summed E-state index contributed by atoms with van der Waals surface area (Å²) in [5.41, 5.74) is 6.96. The Bertz CT molecular complexity index is 572. The summed E-state index contributed by atoms with van der Waals surface area (Å²) in [6.45, 7) is 4.18. The van der Waals surface area contributed by atoms with Gasteiger partial charge in [-0.15, -0.1) is 0 Å². The number of nitrogens with zero attached hydrogens (tertiary/aromatic N) is 3. The first-order valence-corrected chi connectivity index (χ1v) is 7.37. The highest BCUT2D eigenvalue weighted by atomic mass is 15.1. The van der Waals surface area contributed by atoms with Gasteiger partial charge in [0.1, 0.15) is 11.6 Å². The number of aromatic nitrogens is 2. The van der Waals surface area contributed by atoms with Crippen LogP contribution in [0.4, 0.5) is 11.6 Å². The van der Waals surface area contributed by atoms with Crippen LogP contribution in [0.15, 0.2) is 42.7 Å². The van der Waals surface area contributed by atoms with Crippen molar-refractivity contribution in [1.29, 1.82) is 0 Å². The van der Waals surface area contributed by atoms with Gasteiger partial charge in [0.15, 0.2) is 0 Å². The Morgan fingerprint density at radius 1 is 1.24 bits per heavy atom. The number of nitrogens with one attached hydrogen (secondary N) is 1. The Morgan fingerprint density at radius 3 is 3.00 bits per heavy atom. The van der Waals surface area contributed by atoms with Gasteiger partial charge in [-0.05, 0) is 48.7 Å². The molecule has 0 radical (unpaired) electrons. The first kappa shape index (κ1) is 13.8. The second-order valence-corrected chi connectivity index (χ2v) is 5.57. The lowest BCUT2D eigenvalue weighted by Crippen LogP contribution is -2.22. The predicted octanol–water partition coefficient (Wildman–Crippen LogP) is 1.99. The molecule has 2 aromatic heterocycles. The predicted molar refractivity (Wildman–Crippen MR) is 84.8 cm³/mol. The molecule has 1 saturated heterocycles. The second kappa shape index (κ2) is 6.54. The summed E-state index contributed by atoms with van der Waals surface area (Å²) >= 11 is 0. The van der Waals surface area contributed by atoms with Gasteiger partial charge >= 0.3 is 0 Å². The molecule has 5 heteroatoms. The van der Waals surface area contributed by atoms with E-state index in [-0.39, 0.29) is 0 Å². The molecule has 5 nitrogen and oxygen atoms in total. The van der Waals surface area contributed by atoms with Crippen LogP contribution in [-0.2, 0) is 6.54 Å². The SMILES string of the molecule is Nc1cc(CN2CC[C@H](CNc3ccccn3)C2)ccn1. The van der Waals surface area contributed by atoms with Crippen molar-refractivity contribution in [3.8, 4) is 0 Å². The Balaban J connectivity index is 1.47. The van der Waals surface area contributed by atoms with Gasteiger partial charge in [0.25, 0.3) is 0 Å². The molecule has 3 heterocycles. The highest BCUT2D eigenvalue weighted by Gasteiger charge is 2.22. The summed E-state index contributed by atoms with van der Waals surface area (Å²) in [7, 11) is 0. The third kappa shape index (κ3) is 3.92. The first-order chi connectivity index (χ1) is 10.3. The molecule has 0 aliphatic carbocycles. The average Bonchev–Trinajstić information content (AvgIpc) is 2.94. The van der Waals surface area contributed by atoms with Gasteiger partial charge in [-0.1, -0.05) is 6.07 Å². The van der Waals surface area contributed by atoms with Gasteiger partial charge in [-0.25, -0.2) is 9.97 Å². The van der Waals surface area contributed by atoms with E-state index >= 15 is 0 Å². The van der Waals surface area contributed by atoms with Crippen LogP contribution in [0.2, 0.25) is 0 Å². The van der Waals surface area contributed by atoms with Crippen LogP contribution < -0.4 is 11.1 Å². The van der Waals surface area contributed by atoms with Crippen molar-refractivity contribution in [2.45, 2.75) is 13.0 Å². The van der Waals surface area contributed by atoms with Crippen LogP contribution in [-0.4, -0.2) is 34.5 Å². The number of nitrogen functional groups attached to an aromatic ring is 1. The fourth-order valence-electron chi connectivity index (χ4n) is 2.79. The number of hydrogen-bond acceptors (Lipinski definition) is 5.